The Kier molecular flexibility index (Phi) is 7.62. The van der Waals surface area contributed by atoms with Gasteiger partial charge in [-0.15, -0.1) is 11.8 Å². The molecule has 0 N–H and O–H groups in total. The van der Waals surface area contributed by atoms with E-state index in [2.05, 4.69) is 45.5 Å². The van der Waals surface area contributed by atoms with E-state index in [0.29, 0.717) is 0 Å². The second-order valence-corrected chi connectivity index (χ2v) is 5.81. The molecular formula is C10H19NS2. The van der Waals surface area contributed by atoms with Gasteiger partial charge in [-0.3, -0.25) is 0 Å². The van der Waals surface area contributed by atoms with Gasteiger partial charge in [0.15, 0.2) is 0 Å². The highest BCUT2D eigenvalue weighted by Crippen LogP contribution is 2.31. The third-order valence-electron chi connectivity index (χ3n) is 1.48. The lowest BCUT2D eigenvalue weighted by Gasteiger charge is -2.09. The van der Waals surface area contributed by atoms with Crippen molar-refractivity contribution in [3.63, 3.8) is 0 Å². The summed E-state index contributed by atoms with van der Waals surface area (Å²) in [6, 6.07) is 0. The Morgan fingerprint density at radius 2 is 2.08 bits per heavy atom. The summed E-state index contributed by atoms with van der Waals surface area (Å²) in [5.41, 5.74) is 0. The lowest BCUT2D eigenvalue weighted by atomic mass is 10.6. The minimum atomic E-state index is 1.11. The fourth-order valence-electron chi connectivity index (χ4n) is 0.610. The predicted molar refractivity (Wildman–Crippen MR) is 67.2 cm³/mol. The van der Waals surface area contributed by atoms with Gasteiger partial charge in [-0.25, -0.2) is 0 Å². The SMILES string of the molecule is C=C(SCCN(C)C)S/C(C)=C\C. The molecule has 0 aliphatic carbocycles. The van der Waals surface area contributed by atoms with Gasteiger partial charge < -0.3 is 4.90 Å². The van der Waals surface area contributed by atoms with Crippen molar-refractivity contribution in [1.82, 2.24) is 4.90 Å². The van der Waals surface area contributed by atoms with Crippen LogP contribution in [-0.2, 0) is 0 Å². The van der Waals surface area contributed by atoms with Gasteiger partial charge in [0.25, 0.3) is 0 Å². The van der Waals surface area contributed by atoms with Crippen LogP contribution in [0.15, 0.2) is 21.8 Å². The predicted octanol–water partition coefficient (Wildman–Crippen LogP) is 3.41. The topological polar surface area (TPSA) is 3.24 Å². The van der Waals surface area contributed by atoms with E-state index in [-0.39, 0.29) is 0 Å². The van der Waals surface area contributed by atoms with Crippen molar-refractivity contribution < 1.29 is 0 Å². The van der Waals surface area contributed by atoms with Crippen molar-refractivity contribution in [3.05, 3.63) is 21.8 Å². The summed E-state index contributed by atoms with van der Waals surface area (Å²) in [4.78, 5) is 3.51. The fourth-order valence-corrected chi connectivity index (χ4v) is 2.65. The molecule has 0 aliphatic heterocycles. The van der Waals surface area contributed by atoms with Gasteiger partial charge in [0.2, 0.25) is 0 Å². The number of rotatable bonds is 6. The van der Waals surface area contributed by atoms with Crippen molar-refractivity contribution in [2.45, 2.75) is 13.8 Å². The Balaban J connectivity index is 3.52. The Hall–Kier alpha value is 0.140. The van der Waals surface area contributed by atoms with Gasteiger partial charge >= 0.3 is 0 Å². The molecule has 0 fully saturated rings. The molecule has 0 bridgehead atoms. The Morgan fingerprint density at radius 3 is 2.54 bits per heavy atom. The van der Waals surface area contributed by atoms with E-state index >= 15 is 0 Å². The van der Waals surface area contributed by atoms with Crippen molar-refractivity contribution in [1.29, 1.82) is 0 Å². The highest BCUT2D eigenvalue weighted by atomic mass is 32.2. The van der Waals surface area contributed by atoms with Gasteiger partial charge in [-0.1, -0.05) is 24.4 Å². The summed E-state index contributed by atoms with van der Waals surface area (Å²) < 4.78 is 1.19. The van der Waals surface area contributed by atoms with E-state index in [0.717, 1.165) is 12.3 Å². The summed E-state index contributed by atoms with van der Waals surface area (Å²) in [7, 11) is 4.18. The molecule has 0 amide bonds. The number of nitrogens with zero attached hydrogens (tertiary/aromatic N) is 1. The maximum atomic E-state index is 4.01. The average molecular weight is 217 g/mol. The van der Waals surface area contributed by atoms with Crippen molar-refractivity contribution in [2.75, 3.05) is 26.4 Å². The molecule has 0 aliphatic rings. The second-order valence-electron chi connectivity index (χ2n) is 3.03. The van der Waals surface area contributed by atoms with Crippen LogP contribution in [0.3, 0.4) is 0 Å². The molecule has 0 saturated heterocycles. The molecule has 13 heavy (non-hydrogen) atoms. The van der Waals surface area contributed by atoms with Crippen LogP contribution < -0.4 is 0 Å². The van der Waals surface area contributed by atoms with Crippen LogP contribution in [0.2, 0.25) is 0 Å². The van der Waals surface area contributed by atoms with Crippen molar-refractivity contribution in [3.8, 4) is 0 Å². The fraction of sp³-hybridized carbons (Fsp3) is 0.600. The molecule has 0 rings (SSSR count). The van der Waals surface area contributed by atoms with E-state index in [1.54, 1.807) is 11.8 Å². The van der Waals surface area contributed by atoms with Crippen LogP contribution in [0, 0.1) is 0 Å². The van der Waals surface area contributed by atoms with Gasteiger partial charge in [0.05, 0.1) is 0 Å². The quantitative estimate of drug-likeness (QED) is 0.671. The van der Waals surface area contributed by atoms with Gasteiger partial charge in [0, 0.05) is 16.5 Å². The first-order chi connectivity index (χ1) is 6.06. The number of allylic oxidation sites excluding steroid dienone is 2. The van der Waals surface area contributed by atoms with Gasteiger partial charge in [-0.2, -0.15) is 0 Å². The Morgan fingerprint density at radius 1 is 1.46 bits per heavy atom. The van der Waals surface area contributed by atoms with Crippen LogP contribution in [0.5, 0.6) is 0 Å². The molecule has 0 unspecified atom stereocenters. The molecule has 1 nitrogen and oxygen atoms in total. The van der Waals surface area contributed by atoms with Crippen LogP contribution >= 0.6 is 23.5 Å². The second kappa shape index (κ2) is 7.54. The van der Waals surface area contributed by atoms with Crippen LogP contribution in [-0.4, -0.2) is 31.3 Å². The molecule has 0 atom stereocenters. The first-order valence-electron chi connectivity index (χ1n) is 4.33. The molecule has 76 valence electrons. The first-order valence-corrected chi connectivity index (χ1v) is 6.13. The lowest BCUT2D eigenvalue weighted by molar-refractivity contribution is 0.437. The van der Waals surface area contributed by atoms with E-state index in [4.69, 9.17) is 0 Å². The van der Waals surface area contributed by atoms with Crippen molar-refractivity contribution >= 4 is 23.5 Å². The minimum Gasteiger partial charge on any atom is -0.309 e. The summed E-state index contributed by atoms with van der Waals surface area (Å²) >= 11 is 3.60. The van der Waals surface area contributed by atoms with E-state index in [1.165, 1.54) is 9.14 Å². The zero-order valence-electron chi connectivity index (χ0n) is 8.96. The van der Waals surface area contributed by atoms with E-state index < -0.39 is 0 Å². The average Bonchev–Trinajstić information content (AvgIpc) is 2.03. The molecule has 0 radical (unpaired) electrons. The molecule has 0 saturated carbocycles. The lowest BCUT2D eigenvalue weighted by Crippen LogP contribution is -2.14. The largest absolute Gasteiger partial charge is 0.309 e. The van der Waals surface area contributed by atoms with Crippen LogP contribution in [0.25, 0.3) is 0 Å². The highest BCUT2D eigenvalue weighted by molar-refractivity contribution is 8.23. The van der Waals surface area contributed by atoms with Gasteiger partial charge in [0.1, 0.15) is 0 Å². The summed E-state index contributed by atoms with van der Waals surface area (Å²) in [5.74, 6) is 1.12. The number of hydrogen-bond acceptors (Lipinski definition) is 3. The zero-order chi connectivity index (χ0) is 10.3. The Bertz CT molecular complexity index is 185. The molecule has 0 aromatic rings. The number of hydrogen-bond donors (Lipinski definition) is 0. The molecule has 3 heteroatoms. The van der Waals surface area contributed by atoms with Crippen LogP contribution in [0.4, 0.5) is 0 Å². The van der Waals surface area contributed by atoms with E-state index in [9.17, 15) is 0 Å². The molecule has 0 heterocycles. The van der Waals surface area contributed by atoms with E-state index in [1.807, 2.05) is 11.8 Å². The van der Waals surface area contributed by atoms with Crippen molar-refractivity contribution in [2.24, 2.45) is 0 Å². The highest BCUT2D eigenvalue weighted by Gasteiger charge is 1.97. The third kappa shape index (κ3) is 8.47. The molecular weight excluding hydrogens is 198 g/mol. The third-order valence-corrected chi connectivity index (χ3v) is 3.58. The standard InChI is InChI=1S/C10H19NS2/c1-6-9(2)13-10(3)12-8-7-11(4)5/h6H,3,7-8H2,1-2,4-5H3/b9-6-. The Labute approximate surface area is 90.7 Å². The number of thioether (sulfide) groups is 2. The molecule has 0 aromatic carbocycles. The first kappa shape index (κ1) is 13.1. The summed E-state index contributed by atoms with van der Waals surface area (Å²) in [6.07, 6.45) is 2.11. The normalized spacial score (nSPS) is 12.2. The monoisotopic (exact) mass is 217 g/mol. The summed E-state index contributed by atoms with van der Waals surface area (Å²) in [6.45, 7) is 9.29. The molecule has 0 aromatic heterocycles. The summed E-state index contributed by atoms with van der Waals surface area (Å²) in [5, 5.41) is 0. The maximum absolute atomic E-state index is 4.01. The molecule has 0 spiro atoms. The zero-order valence-corrected chi connectivity index (χ0v) is 10.6. The van der Waals surface area contributed by atoms with Crippen LogP contribution in [0.1, 0.15) is 13.8 Å². The minimum absolute atomic E-state index is 1.11. The van der Waals surface area contributed by atoms with Gasteiger partial charge in [-0.05, 0) is 32.8 Å². The maximum Gasteiger partial charge on any atom is 0.0374 e. The smallest absolute Gasteiger partial charge is 0.0374 e.